The Morgan fingerprint density at radius 3 is 2.62 bits per heavy atom. The molecule has 2 N–H and O–H groups in total. The van der Waals surface area contributed by atoms with Gasteiger partial charge in [-0.15, -0.1) is 8.42 Å². The number of amides is 2. The van der Waals surface area contributed by atoms with E-state index in [-0.39, 0.29) is 41.8 Å². The van der Waals surface area contributed by atoms with Gasteiger partial charge in [-0.25, -0.2) is 9.08 Å². The number of nitrogens with one attached hydrogen (secondary N) is 2. The number of carbonyl (C=O) groups is 2. The summed E-state index contributed by atoms with van der Waals surface area (Å²) in [6, 6.07) is 8.21. The number of ether oxygens (including phenoxy) is 2. The predicted molar refractivity (Wildman–Crippen MR) is 131 cm³/mol. The lowest BCUT2D eigenvalue weighted by Crippen LogP contribution is -2.34. The zero-order chi connectivity index (χ0) is 27.2. The minimum absolute atomic E-state index is 0.00902. The molecule has 0 unspecified atom stereocenters. The first kappa shape index (κ1) is 27.2. The number of unbranched alkanes of at least 4 members (excludes halogenated alkanes) is 1. The quantitative estimate of drug-likeness (QED) is 0.185. The van der Waals surface area contributed by atoms with Crippen LogP contribution in [0.4, 0.5) is 21.9 Å². The number of carbonyl (C=O) groups excluding carboxylic acids is 2. The molecule has 1 aliphatic rings. The molecule has 3 rings (SSSR count). The Kier molecular flexibility index (Phi) is 8.17. The van der Waals surface area contributed by atoms with E-state index >= 15 is 0 Å². The highest BCUT2D eigenvalue weighted by Crippen LogP contribution is 2.42. The number of cyclic esters (lactones) is 1. The van der Waals surface area contributed by atoms with Crippen LogP contribution in [0.2, 0.25) is 0 Å². The normalized spacial score (nSPS) is 14.2. The van der Waals surface area contributed by atoms with Crippen LogP contribution in [-0.2, 0) is 29.8 Å². The van der Waals surface area contributed by atoms with Gasteiger partial charge in [-0.05, 0) is 57.0 Å². The molecule has 0 fully saturated rings. The van der Waals surface area contributed by atoms with Gasteiger partial charge in [-0.2, -0.15) is 0 Å². The van der Waals surface area contributed by atoms with Gasteiger partial charge >= 0.3 is 22.2 Å². The maximum Gasteiger partial charge on any atom is 0.521 e. The van der Waals surface area contributed by atoms with E-state index in [9.17, 15) is 28.1 Å². The monoisotopic (exact) mass is 536 g/mol. The highest BCUT2D eigenvalue weighted by atomic mass is 32.3. The van der Waals surface area contributed by atoms with Crippen LogP contribution >= 0.6 is 0 Å². The SMILES string of the molecule is CC(=O)Nc1ccc(OS(=O)(=O)ON=CCCCOc2cc3c(cc2[N+](=O)[O-])NC(=O)OC3(C)C)cc1. The highest BCUT2D eigenvalue weighted by molar-refractivity contribution is 7.82. The molecular formula is C22H24N4O10S. The maximum absolute atomic E-state index is 11.9. The number of oxime groups is 1. The van der Waals surface area contributed by atoms with Gasteiger partial charge in [0.2, 0.25) is 5.91 Å². The Balaban J connectivity index is 1.50. The summed E-state index contributed by atoms with van der Waals surface area (Å²) in [7, 11) is -4.48. The molecule has 0 spiro atoms. The first-order chi connectivity index (χ1) is 17.4. The minimum Gasteiger partial charge on any atom is -0.487 e. The van der Waals surface area contributed by atoms with Crippen molar-refractivity contribution in [2.45, 2.75) is 39.2 Å². The van der Waals surface area contributed by atoms with E-state index in [1.165, 1.54) is 49.5 Å². The summed E-state index contributed by atoms with van der Waals surface area (Å²) in [6.07, 6.45) is 1.01. The summed E-state index contributed by atoms with van der Waals surface area (Å²) >= 11 is 0. The number of rotatable bonds is 11. The van der Waals surface area contributed by atoms with Crippen molar-refractivity contribution >= 4 is 45.7 Å². The zero-order valence-corrected chi connectivity index (χ0v) is 20.9. The molecule has 2 amide bonds. The van der Waals surface area contributed by atoms with Gasteiger partial charge in [0.05, 0.1) is 17.2 Å². The summed E-state index contributed by atoms with van der Waals surface area (Å²) in [5.74, 6) is -0.332. The van der Waals surface area contributed by atoms with Crippen molar-refractivity contribution in [3.8, 4) is 11.5 Å². The van der Waals surface area contributed by atoms with Crippen molar-refractivity contribution in [1.29, 1.82) is 0 Å². The number of nitrogens with zero attached hydrogens (tertiary/aromatic N) is 2. The molecule has 0 aromatic heterocycles. The molecule has 0 radical (unpaired) electrons. The van der Waals surface area contributed by atoms with Crippen LogP contribution in [0.3, 0.4) is 0 Å². The van der Waals surface area contributed by atoms with Gasteiger partial charge in [0.1, 0.15) is 11.4 Å². The summed E-state index contributed by atoms with van der Waals surface area (Å²) in [5, 5.41) is 19.8. The molecule has 2 aromatic rings. The van der Waals surface area contributed by atoms with Crippen LogP contribution in [0.15, 0.2) is 41.6 Å². The fourth-order valence-corrected chi connectivity index (χ4v) is 3.82. The van der Waals surface area contributed by atoms with Crippen LogP contribution in [0.25, 0.3) is 0 Å². The van der Waals surface area contributed by atoms with Crippen molar-refractivity contribution in [2.75, 3.05) is 17.2 Å². The highest BCUT2D eigenvalue weighted by Gasteiger charge is 2.36. The summed E-state index contributed by atoms with van der Waals surface area (Å²) in [4.78, 5) is 33.5. The Labute approximate surface area is 212 Å². The van der Waals surface area contributed by atoms with Crippen molar-refractivity contribution in [2.24, 2.45) is 5.16 Å². The lowest BCUT2D eigenvalue weighted by molar-refractivity contribution is -0.385. The zero-order valence-electron chi connectivity index (χ0n) is 20.0. The largest absolute Gasteiger partial charge is 0.521 e. The van der Waals surface area contributed by atoms with E-state index in [0.29, 0.717) is 17.7 Å². The molecule has 0 aliphatic carbocycles. The second-order valence-electron chi connectivity index (χ2n) is 8.20. The molecule has 37 heavy (non-hydrogen) atoms. The molecule has 1 heterocycles. The van der Waals surface area contributed by atoms with Crippen molar-refractivity contribution in [3.63, 3.8) is 0 Å². The van der Waals surface area contributed by atoms with E-state index in [1.807, 2.05) is 0 Å². The van der Waals surface area contributed by atoms with Gasteiger partial charge in [0, 0.05) is 30.5 Å². The van der Waals surface area contributed by atoms with E-state index in [2.05, 4.69) is 20.1 Å². The fourth-order valence-electron chi connectivity index (χ4n) is 3.27. The number of hydrogen-bond donors (Lipinski definition) is 2. The van der Waals surface area contributed by atoms with E-state index < -0.39 is 27.0 Å². The van der Waals surface area contributed by atoms with Crippen molar-refractivity contribution < 1.29 is 40.9 Å². The lowest BCUT2D eigenvalue weighted by Gasteiger charge is -2.32. The van der Waals surface area contributed by atoms with Crippen LogP contribution in [0.5, 0.6) is 11.5 Å². The van der Waals surface area contributed by atoms with Gasteiger partial charge in [-0.1, -0.05) is 5.16 Å². The number of nitro benzene ring substituents is 1. The molecule has 0 bridgehead atoms. The van der Waals surface area contributed by atoms with E-state index in [4.69, 9.17) is 13.7 Å². The standard InChI is InChI=1S/C22H24N4O10S/c1-14(27)24-15-6-8-16(9-7-15)35-37(31,32)36-23-10-4-5-11-33-20-12-17-18(13-19(20)26(29)30)25-21(28)34-22(17,2)3/h6-10,12-13H,4-5,11H2,1-3H3,(H,24,27)(H,25,28). The second kappa shape index (κ2) is 11.1. The lowest BCUT2D eigenvalue weighted by atomic mass is 9.94. The Morgan fingerprint density at radius 2 is 1.97 bits per heavy atom. The Bertz CT molecular complexity index is 1320. The minimum atomic E-state index is -4.48. The topological polar surface area (TPSA) is 185 Å². The van der Waals surface area contributed by atoms with Crippen LogP contribution in [-0.4, -0.2) is 38.2 Å². The summed E-state index contributed by atoms with van der Waals surface area (Å²) in [6.45, 7) is 4.68. The molecule has 14 nitrogen and oxygen atoms in total. The smallest absolute Gasteiger partial charge is 0.487 e. The third-order valence-electron chi connectivity index (χ3n) is 4.85. The third kappa shape index (κ3) is 7.54. The van der Waals surface area contributed by atoms with E-state index in [0.717, 1.165) is 0 Å². The number of nitro groups is 1. The van der Waals surface area contributed by atoms with Gasteiger partial charge in [0.25, 0.3) is 0 Å². The molecule has 1 aliphatic heterocycles. The number of hydrogen-bond acceptors (Lipinski definition) is 11. The van der Waals surface area contributed by atoms with Gasteiger partial charge < -0.3 is 19.0 Å². The average Bonchev–Trinajstić information content (AvgIpc) is 2.78. The van der Waals surface area contributed by atoms with Crippen molar-refractivity contribution in [3.05, 3.63) is 52.1 Å². The number of fused-ring (bicyclic) bond motifs is 1. The third-order valence-corrected chi connectivity index (χ3v) is 5.51. The first-order valence-electron chi connectivity index (χ1n) is 10.8. The average molecular weight is 537 g/mol. The molecule has 0 saturated heterocycles. The molecule has 0 atom stereocenters. The fraction of sp³-hybridized carbons (Fsp3) is 0.318. The molecule has 0 saturated carbocycles. The molecule has 2 aromatic carbocycles. The summed E-state index contributed by atoms with van der Waals surface area (Å²) in [5.41, 5.74) is -0.116. The Hall–Kier alpha value is -4.40. The summed E-state index contributed by atoms with van der Waals surface area (Å²) < 4.78 is 43.7. The molecular weight excluding hydrogens is 512 g/mol. The molecule has 15 heteroatoms. The first-order valence-corrected chi connectivity index (χ1v) is 12.2. The number of anilines is 2. The number of benzene rings is 2. The molecule has 198 valence electrons. The maximum atomic E-state index is 11.9. The predicted octanol–water partition coefficient (Wildman–Crippen LogP) is 3.84. The Morgan fingerprint density at radius 1 is 1.27 bits per heavy atom. The second-order valence-corrected chi connectivity index (χ2v) is 9.33. The van der Waals surface area contributed by atoms with Gasteiger partial charge in [0.15, 0.2) is 5.75 Å². The van der Waals surface area contributed by atoms with E-state index in [1.54, 1.807) is 13.8 Å². The van der Waals surface area contributed by atoms with Crippen LogP contribution in [0.1, 0.15) is 39.2 Å². The van der Waals surface area contributed by atoms with Gasteiger partial charge in [-0.3, -0.25) is 20.2 Å². The van der Waals surface area contributed by atoms with Crippen LogP contribution < -0.4 is 19.6 Å². The van der Waals surface area contributed by atoms with Crippen LogP contribution in [0, 0.1) is 10.1 Å². The van der Waals surface area contributed by atoms with Crippen molar-refractivity contribution in [1.82, 2.24) is 0 Å².